The number of thioether (sulfide) groups is 1. The number of aryl methyl sites for hydroxylation is 1. The predicted molar refractivity (Wildman–Crippen MR) is 108 cm³/mol. The van der Waals surface area contributed by atoms with Gasteiger partial charge in [-0.15, -0.1) is 23.1 Å². The van der Waals surface area contributed by atoms with Gasteiger partial charge < -0.3 is 4.84 Å². The van der Waals surface area contributed by atoms with Gasteiger partial charge in [0.05, 0.1) is 21.2 Å². The Morgan fingerprint density at radius 1 is 1.23 bits per heavy atom. The van der Waals surface area contributed by atoms with E-state index in [1.807, 2.05) is 44.3 Å². The van der Waals surface area contributed by atoms with Crippen LogP contribution in [-0.4, -0.2) is 25.9 Å². The maximum Gasteiger partial charge on any atom is 0.262 e. The number of nitrogens with zero attached hydrogens (tertiary/aromatic N) is 4. The molecule has 7 heteroatoms. The van der Waals surface area contributed by atoms with Crippen molar-refractivity contribution in [3.05, 3.63) is 53.4 Å². The fourth-order valence-corrected chi connectivity index (χ4v) is 4.13. The lowest BCUT2D eigenvalue weighted by Gasteiger charge is -2.08. The predicted octanol–water partition coefficient (Wildman–Crippen LogP) is 5.21. The average molecular weight is 385 g/mol. The van der Waals surface area contributed by atoms with Gasteiger partial charge in [0.1, 0.15) is 5.01 Å². The summed E-state index contributed by atoms with van der Waals surface area (Å²) in [6, 6.07) is 7.81. The molecule has 0 amide bonds. The fourth-order valence-electron chi connectivity index (χ4n) is 2.29. The van der Waals surface area contributed by atoms with E-state index in [4.69, 9.17) is 4.84 Å². The smallest absolute Gasteiger partial charge is 0.262 e. The third-order valence-corrected chi connectivity index (χ3v) is 5.75. The van der Waals surface area contributed by atoms with Crippen LogP contribution in [0.3, 0.4) is 0 Å². The van der Waals surface area contributed by atoms with Crippen molar-refractivity contribution in [1.29, 1.82) is 0 Å². The first-order valence-electron chi connectivity index (χ1n) is 8.26. The second-order valence-corrected chi connectivity index (χ2v) is 8.53. The summed E-state index contributed by atoms with van der Waals surface area (Å²) < 4.78 is 0. The van der Waals surface area contributed by atoms with Crippen molar-refractivity contribution >= 4 is 28.8 Å². The number of thiazole rings is 1. The van der Waals surface area contributed by atoms with Gasteiger partial charge in [0.2, 0.25) is 0 Å². The van der Waals surface area contributed by atoms with Crippen LogP contribution in [0.5, 0.6) is 5.88 Å². The minimum absolute atomic E-state index is 0.442. The van der Waals surface area contributed by atoms with Crippen molar-refractivity contribution in [3.8, 4) is 16.5 Å². The lowest BCUT2D eigenvalue weighted by molar-refractivity contribution is 0.318. The quantitative estimate of drug-likeness (QED) is 0.332. The summed E-state index contributed by atoms with van der Waals surface area (Å²) >= 11 is 3.29. The summed E-state index contributed by atoms with van der Waals surface area (Å²) in [5.41, 5.74) is 2.71. The molecule has 0 aliphatic heterocycles. The van der Waals surface area contributed by atoms with Crippen LogP contribution in [0.4, 0.5) is 0 Å². The molecule has 3 aromatic heterocycles. The molecule has 26 heavy (non-hydrogen) atoms. The van der Waals surface area contributed by atoms with Gasteiger partial charge in [-0.1, -0.05) is 19.0 Å². The Morgan fingerprint density at radius 2 is 2.04 bits per heavy atom. The van der Waals surface area contributed by atoms with Gasteiger partial charge in [0.15, 0.2) is 0 Å². The zero-order valence-corrected chi connectivity index (χ0v) is 16.8. The molecule has 0 radical (unpaired) electrons. The van der Waals surface area contributed by atoms with Crippen molar-refractivity contribution in [2.24, 2.45) is 5.16 Å². The highest BCUT2D eigenvalue weighted by molar-refractivity contribution is 8.00. The molecule has 0 aromatic carbocycles. The largest absolute Gasteiger partial charge is 0.335 e. The second-order valence-electron chi connectivity index (χ2n) is 5.92. The van der Waals surface area contributed by atoms with Gasteiger partial charge in [0.25, 0.3) is 5.88 Å². The third-order valence-electron chi connectivity index (χ3n) is 3.40. The van der Waals surface area contributed by atoms with E-state index in [-0.39, 0.29) is 0 Å². The van der Waals surface area contributed by atoms with Gasteiger partial charge in [-0.25, -0.2) is 9.97 Å². The topological polar surface area (TPSA) is 60.3 Å². The number of rotatable bonds is 6. The second kappa shape index (κ2) is 8.42. The van der Waals surface area contributed by atoms with Crippen molar-refractivity contribution in [2.45, 2.75) is 37.8 Å². The van der Waals surface area contributed by atoms with E-state index >= 15 is 0 Å². The molecular formula is C19H20N4OS2. The highest BCUT2D eigenvalue weighted by Gasteiger charge is 2.13. The maximum atomic E-state index is 5.65. The van der Waals surface area contributed by atoms with Crippen molar-refractivity contribution < 1.29 is 4.84 Å². The highest BCUT2D eigenvalue weighted by Crippen LogP contribution is 2.31. The van der Waals surface area contributed by atoms with Gasteiger partial charge in [-0.05, 0) is 38.1 Å². The Balaban J connectivity index is 1.82. The van der Waals surface area contributed by atoms with Crippen molar-refractivity contribution in [2.75, 3.05) is 0 Å². The number of aromatic nitrogens is 3. The number of oxime groups is 1. The zero-order valence-electron chi connectivity index (χ0n) is 15.1. The van der Waals surface area contributed by atoms with Crippen LogP contribution in [0.1, 0.15) is 31.3 Å². The molecular weight excluding hydrogens is 364 g/mol. The molecule has 3 aromatic rings. The van der Waals surface area contributed by atoms with Crippen LogP contribution < -0.4 is 4.84 Å². The molecule has 134 valence electrons. The Kier molecular flexibility index (Phi) is 6.00. The number of pyridine rings is 2. The maximum absolute atomic E-state index is 5.65. The summed E-state index contributed by atoms with van der Waals surface area (Å²) in [4.78, 5) is 20.7. The van der Waals surface area contributed by atoms with E-state index in [0.717, 1.165) is 31.7 Å². The summed E-state index contributed by atoms with van der Waals surface area (Å²) in [6.45, 7) is 8.17. The van der Waals surface area contributed by atoms with E-state index in [1.54, 1.807) is 35.5 Å². The zero-order chi connectivity index (χ0) is 18.5. The van der Waals surface area contributed by atoms with Crippen molar-refractivity contribution in [1.82, 2.24) is 15.0 Å². The van der Waals surface area contributed by atoms with Gasteiger partial charge >= 0.3 is 0 Å². The molecule has 0 N–H and O–H groups in total. The number of hydrogen-bond donors (Lipinski definition) is 0. The normalized spacial score (nSPS) is 11.8. The van der Waals surface area contributed by atoms with Crippen LogP contribution in [-0.2, 0) is 0 Å². The molecule has 0 aliphatic carbocycles. The molecule has 0 saturated carbocycles. The molecule has 3 heterocycles. The minimum atomic E-state index is 0.442. The van der Waals surface area contributed by atoms with Gasteiger partial charge in [0, 0.05) is 29.4 Å². The van der Waals surface area contributed by atoms with E-state index in [2.05, 4.69) is 34.0 Å². The standard InChI is InChI=1S/C19H20N4OS2/c1-12(2)25-16-8-6-10-21-18(16)24-23-14(4)17-13(3)22-19(26-17)15-7-5-9-20-11-15/h5-12H,1-4H3. The third kappa shape index (κ3) is 4.47. The van der Waals surface area contributed by atoms with Crippen molar-refractivity contribution in [3.63, 3.8) is 0 Å². The van der Waals surface area contributed by atoms with Crippen LogP contribution in [0.15, 0.2) is 52.9 Å². The molecule has 5 nitrogen and oxygen atoms in total. The summed E-state index contributed by atoms with van der Waals surface area (Å²) in [7, 11) is 0. The fraction of sp³-hybridized carbons (Fsp3) is 0.263. The van der Waals surface area contributed by atoms with E-state index in [0.29, 0.717) is 11.1 Å². The van der Waals surface area contributed by atoms with Crippen LogP contribution >= 0.6 is 23.1 Å². The molecule has 0 fully saturated rings. The van der Waals surface area contributed by atoms with Crippen LogP contribution in [0.25, 0.3) is 10.6 Å². The molecule has 0 saturated heterocycles. The Labute approximate surface area is 161 Å². The lowest BCUT2D eigenvalue weighted by atomic mass is 10.3. The van der Waals surface area contributed by atoms with E-state index < -0.39 is 0 Å². The Bertz CT molecular complexity index is 907. The molecule has 0 spiro atoms. The first-order chi connectivity index (χ1) is 12.5. The van der Waals surface area contributed by atoms with E-state index in [1.165, 1.54) is 0 Å². The van der Waals surface area contributed by atoms with Gasteiger partial charge in [-0.3, -0.25) is 4.98 Å². The van der Waals surface area contributed by atoms with Crippen LogP contribution in [0, 0.1) is 6.92 Å². The molecule has 0 atom stereocenters. The summed E-state index contributed by atoms with van der Waals surface area (Å²) in [6.07, 6.45) is 5.28. The molecule has 0 aliphatic rings. The lowest BCUT2D eigenvalue weighted by Crippen LogP contribution is -1.99. The van der Waals surface area contributed by atoms with Crippen LogP contribution in [0.2, 0.25) is 0 Å². The first kappa shape index (κ1) is 18.5. The summed E-state index contributed by atoms with van der Waals surface area (Å²) in [5, 5.41) is 5.66. The molecule has 3 rings (SSSR count). The van der Waals surface area contributed by atoms with E-state index in [9.17, 15) is 0 Å². The minimum Gasteiger partial charge on any atom is -0.335 e. The summed E-state index contributed by atoms with van der Waals surface area (Å²) in [5.74, 6) is 0.528. The number of hydrogen-bond acceptors (Lipinski definition) is 7. The Hall–Kier alpha value is -2.25. The average Bonchev–Trinajstić information content (AvgIpc) is 3.03. The van der Waals surface area contributed by atoms with Gasteiger partial charge in [-0.2, -0.15) is 0 Å². The monoisotopic (exact) mass is 384 g/mol. The first-order valence-corrected chi connectivity index (χ1v) is 9.95. The molecule has 0 unspecified atom stereocenters. The SMILES string of the molecule is CC(=NOc1ncccc1SC(C)C)c1sc(-c2cccnc2)nc1C. The molecule has 0 bridgehead atoms. The Morgan fingerprint density at radius 3 is 2.77 bits per heavy atom. The highest BCUT2D eigenvalue weighted by atomic mass is 32.2.